The first-order valence-corrected chi connectivity index (χ1v) is 16.5. The van der Waals surface area contributed by atoms with Gasteiger partial charge in [-0.2, -0.15) is 0 Å². The Morgan fingerprint density at radius 3 is 1.88 bits per heavy atom. The SMILES string of the molecule is COc1ccc(C=CC2=C(c3ccccc3)C(c3cc(-c4ccccc4)[o+]c4ccccc34)c3cc(OC)ccc3O2)cc1.[O-][Cl+3]([O-])([O-])[O-]. The van der Waals surface area contributed by atoms with E-state index in [-0.39, 0.29) is 5.92 Å². The van der Waals surface area contributed by atoms with E-state index in [2.05, 4.69) is 72.8 Å². The third kappa shape index (κ3) is 7.98. The molecule has 0 radical (unpaired) electrons. The minimum Gasteiger partial charge on any atom is -0.497 e. The van der Waals surface area contributed by atoms with E-state index in [9.17, 15) is 0 Å². The summed E-state index contributed by atoms with van der Waals surface area (Å²) in [6, 6.07) is 45.2. The summed E-state index contributed by atoms with van der Waals surface area (Å²) in [5.41, 5.74) is 7.17. The molecule has 0 N–H and O–H groups in total. The van der Waals surface area contributed by atoms with Gasteiger partial charge in [-0.05, 0) is 71.3 Å². The number of rotatable bonds is 7. The maximum absolute atomic E-state index is 8.49. The van der Waals surface area contributed by atoms with Crippen LogP contribution in [0.2, 0.25) is 0 Å². The maximum atomic E-state index is 8.49. The number of methoxy groups -OCH3 is 2. The highest BCUT2D eigenvalue weighted by molar-refractivity contribution is 5.91. The summed E-state index contributed by atoms with van der Waals surface area (Å²) < 4.78 is 58.3. The summed E-state index contributed by atoms with van der Waals surface area (Å²) >= 11 is 0. The number of benzene rings is 5. The molecule has 0 saturated carbocycles. The van der Waals surface area contributed by atoms with Crippen molar-refractivity contribution in [2.24, 2.45) is 0 Å². The monoisotopic (exact) mass is 674 g/mol. The molecule has 1 atom stereocenters. The van der Waals surface area contributed by atoms with E-state index >= 15 is 0 Å². The molecule has 1 unspecified atom stereocenters. The summed E-state index contributed by atoms with van der Waals surface area (Å²) in [5, 5.41) is 1.04. The van der Waals surface area contributed by atoms with E-state index < -0.39 is 10.2 Å². The van der Waals surface area contributed by atoms with Crippen LogP contribution < -0.4 is 32.8 Å². The van der Waals surface area contributed by atoms with Crippen molar-refractivity contribution in [2.75, 3.05) is 14.2 Å². The van der Waals surface area contributed by atoms with Gasteiger partial charge in [0.25, 0.3) is 0 Å². The number of hydrogen-bond donors (Lipinski definition) is 0. The van der Waals surface area contributed by atoms with Gasteiger partial charge in [0.15, 0.2) is 0 Å². The smallest absolute Gasteiger partial charge is 0.361 e. The molecule has 6 aromatic rings. The second kappa shape index (κ2) is 14.7. The zero-order valence-electron chi connectivity index (χ0n) is 26.6. The van der Waals surface area contributed by atoms with Crippen LogP contribution in [0.15, 0.2) is 150 Å². The number of ether oxygens (including phenoxy) is 3. The van der Waals surface area contributed by atoms with Crippen LogP contribution in [0.3, 0.4) is 0 Å². The average Bonchev–Trinajstić information content (AvgIpc) is 3.13. The Morgan fingerprint density at radius 1 is 0.633 bits per heavy atom. The van der Waals surface area contributed by atoms with E-state index in [1.54, 1.807) is 14.2 Å². The van der Waals surface area contributed by atoms with Crippen molar-refractivity contribution in [1.82, 2.24) is 0 Å². The lowest BCUT2D eigenvalue weighted by Crippen LogP contribution is -2.68. The molecule has 0 aliphatic carbocycles. The lowest BCUT2D eigenvalue weighted by Gasteiger charge is -2.31. The Balaban J connectivity index is 0.000000778. The molecule has 0 saturated heterocycles. The highest BCUT2D eigenvalue weighted by Crippen LogP contribution is 2.51. The van der Waals surface area contributed by atoms with Crippen molar-refractivity contribution >= 4 is 22.6 Å². The number of hydrogen-bond acceptors (Lipinski definition) is 7. The Morgan fingerprint density at radius 2 is 1.22 bits per heavy atom. The lowest BCUT2D eigenvalue weighted by atomic mass is 9.77. The van der Waals surface area contributed by atoms with Crippen LogP contribution in [-0.4, -0.2) is 14.2 Å². The highest BCUT2D eigenvalue weighted by atomic mass is 35.7. The van der Waals surface area contributed by atoms with Crippen molar-refractivity contribution in [3.8, 4) is 28.6 Å². The second-order valence-corrected chi connectivity index (χ2v) is 11.8. The van der Waals surface area contributed by atoms with Crippen LogP contribution in [0.4, 0.5) is 0 Å². The van der Waals surface area contributed by atoms with Crippen LogP contribution in [-0.2, 0) is 0 Å². The predicted molar refractivity (Wildman–Crippen MR) is 177 cm³/mol. The molecule has 1 aliphatic heterocycles. The number of para-hydroxylation sites is 1. The third-order valence-corrected chi connectivity index (χ3v) is 8.00. The molecule has 5 aromatic carbocycles. The molecule has 9 heteroatoms. The first-order valence-electron chi connectivity index (χ1n) is 15.2. The van der Waals surface area contributed by atoms with Gasteiger partial charge in [-0.25, -0.2) is 23.1 Å². The van der Waals surface area contributed by atoms with Crippen LogP contribution in [0.1, 0.15) is 28.2 Å². The van der Waals surface area contributed by atoms with Gasteiger partial charge in [0, 0.05) is 29.2 Å². The minimum atomic E-state index is -4.94. The molecule has 7 rings (SSSR count). The summed E-state index contributed by atoms with van der Waals surface area (Å²) in [7, 11) is -1.57. The molecule has 0 amide bonds. The normalized spacial score (nSPS) is 14.1. The Hall–Kier alpha value is -5.48. The van der Waals surface area contributed by atoms with Crippen molar-refractivity contribution in [2.45, 2.75) is 5.92 Å². The highest BCUT2D eigenvalue weighted by Gasteiger charge is 2.35. The Labute approximate surface area is 285 Å². The molecule has 1 aromatic heterocycles. The van der Waals surface area contributed by atoms with Crippen molar-refractivity contribution < 1.29 is 47.5 Å². The first kappa shape index (κ1) is 33.4. The van der Waals surface area contributed by atoms with Crippen molar-refractivity contribution in [3.05, 3.63) is 168 Å². The fourth-order valence-corrected chi connectivity index (χ4v) is 5.85. The van der Waals surface area contributed by atoms with E-state index in [4.69, 9.17) is 37.3 Å². The van der Waals surface area contributed by atoms with Gasteiger partial charge >= 0.3 is 11.3 Å². The zero-order chi connectivity index (χ0) is 34.4. The number of halogens is 1. The van der Waals surface area contributed by atoms with E-state index in [0.717, 1.165) is 73.1 Å². The Kier molecular flexibility index (Phi) is 10.1. The van der Waals surface area contributed by atoms with E-state index in [1.807, 2.05) is 72.8 Å². The fraction of sp³-hybridized carbons (Fsp3) is 0.0750. The summed E-state index contributed by atoms with van der Waals surface area (Å²) in [4.78, 5) is 0. The van der Waals surface area contributed by atoms with Gasteiger partial charge in [-0.3, -0.25) is 0 Å². The molecule has 1 aliphatic rings. The summed E-state index contributed by atoms with van der Waals surface area (Å²) in [6.07, 6.45) is 4.15. The molecule has 0 fully saturated rings. The maximum Gasteiger partial charge on any atom is 0.361 e. The molecular weight excluding hydrogens is 644 g/mol. The van der Waals surface area contributed by atoms with Gasteiger partial charge in [0.05, 0.1) is 25.2 Å². The molecule has 8 nitrogen and oxygen atoms in total. The van der Waals surface area contributed by atoms with Crippen molar-refractivity contribution in [1.29, 1.82) is 0 Å². The molecule has 2 heterocycles. The summed E-state index contributed by atoms with van der Waals surface area (Å²) in [5.74, 6) is 3.78. The Bertz CT molecular complexity index is 2100. The zero-order valence-corrected chi connectivity index (χ0v) is 27.3. The van der Waals surface area contributed by atoms with Gasteiger partial charge in [0.2, 0.25) is 0 Å². The van der Waals surface area contributed by atoms with E-state index in [1.165, 1.54) is 0 Å². The van der Waals surface area contributed by atoms with Crippen LogP contribution in [0, 0.1) is 10.2 Å². The van der Waals surface area contributed by atoms with Crippen LogP contribution in [0.25, 0.3) is 33.9 Å². The molecule has 246 valence electrons. The van der Waals surface area contributed by atoms with Crippen LogP contribution >= 0.6 is 0 Å². The first-order chi connectivity index (χ1) is 23.7. The predicted octanol–water partition coefficient (Wildman–Crippen LogP) is 5.29. The van der Waals surface area contributed by atoms with Gasteiger partial charge in [-0.1, -0.05) is 78.9 Å². The number of fused-ring (bicyclic) bond motifs is 2. The molecule has 0 spiro atoms. The molecule has 0 bridgehead atoms. The van der Waals surface area contributed by atoms with E-state index in [0.29, 0.717) is 0 Å². The minimum absolute atomic E-state index is 0.185. The summed E-state index contributed by atoms with van der Waals surface area (Å²) in [6.45, 7) is 0. The average molecular weight is 675 g/mol. The van der Waals surface area contributed by atoms with Crippen LogP contribution in [0.5, 0.6) is 17.2 Å². The largest absolute Gasteiger partial charge is 0.497 e. The topological polar surface area (TPSA) is 131 Å². The van der Waals surface area contributed by atoms with Gasteiger partial charge < -0.3 is 14.2 Å². The standard InChI is InChI=1S/C40H31O4.ClHO4/c1-41-30-20-17-27(18-21-30)19-23-37-39(29-13-7-4-8-14-29)40(34-25-31(42-2)22-24-36(34)43-37)33-26-38(28-11-5-3-6-12-28)44-35-16-10-9-15-32(33)35;2-1(3,4)5/h3-26,40H,1-2H3;(H,2,3,4,5)/q+1;/p-1. The van der Waals surface area contributed by atoms with Gasteiger partial charge in [0.1, 0.15) is 23.0 Å². The molecular formula is C40H31ClO8. The van der Waals surface area contributed by atoms with Crippen molar-refractivity contribution in [3.63, 3.8) is 0 Å². The number of allylic oxidation sites excluding steroid dienone is 2. The second-order valence-electron chi connectivity index (χ2n) is 11.0. The fourth-order valence-electron chi connectivity index (χ4n) is 5.85. The van der Waals surface area contributed by atoms with Gasteiger partial charge in [-0.15, -0.1) is 10.2 Å². The lowest BCUT2D eigenvalue weighted by molar-refractivity contribution is -2.00. The quantitative estimate of drug-likeness (QED) is 0.209. The molecule has 49 heavy (non-hydrogen) atoms. The third-order valence-electron chi connectivity index (χ3n) is 8.00.